The van der Waals surface area contributed by atoms with E-state index in [0.29, 0.717) is 0 Å². The van der Waals surface area contributed by atoms with Gasteiger partial charge in [0.1, 0.15) is 0 Å². The van der Waals surface area contributed by atoms with Gasteiger partial charge in [0.15, 0.2) is 0 Å². The predicted octanol–water partition coefficient (Wildman–Crippen LogP) is 4.53. The van der Waals surface area contributed by atoms with Gasteiger partial charge in [-0.25, -0.2) is 4.79 Å². The molecule has 0 saturated heterocycles. The van der Waals surface area contributed by atoms with E-state index >= 15 is 0 Å². The lowest BCUT2D eigenvalue weighted by atomic mass is 10.2. The molecule has 104 valence electrons. The molecule has 0 saturated carbocycles. The van der Waals surface area contributed by atoms with Gasteiger partial charge in [-0.3, -0.25) is 4.90 Å². The monoisotopic (exact) mass is 268 g/mol. The van der Waals surface area contributed by atoms with E-state index in [1.165, 1.54) is 0 Å². The molecule has 0 unspecified atom stereocenters. The molecule has 1 N–H and O–H groups in total. The molecule has 0 fully saturated rings. The number of carbonyl (C=O) groups excluding carboxylic acids is 1. The fourth-order valence-corrected chi connectivity index (χ4v) is 1.98. The molecule has 3 nitrogen and oxygen atoms in total. The predicted molar refractivity (Wildman–Crippen MR) is 84.2 cm³/mol. The Morgan fingerprint density at radius 2 is 1.60 bits per heavy atom. The van der Waals surface area contributed by atoms with E-state index in [1.54, 1.807) is 4.90 Å². The highest BCUT2D eigenvalue weighted by atomic mass is 16.2. The molecule has 2 aromatic carbocycles. The van der Waals surface area contributed by atoms with E-state index in [1.807, 2.05) is 60.7 Å². The Hall–Kier alpha value is -2.29. The fraction of sp³-hybridized carbons (Fsp3) is 0.235. The zero-order chi connectivity index (χ0) is 14.2. The van der Waals surface area contributed by atoms with Crippen molar-refractivity contribution in [1.29, 1.82) is 0 Å². The lowest BCUT2D eigenvalue weighted by Crippen LogP contribution is -2.35. The van der Waals surface area contributed by atoms with Crippen molar-refractivity contribution in [3.8, 4) is 0 Å². The normalized spacial score (nSPS) is 10.1. The molecule has 0 aliphatic rings. The summed E-state index contributed by atoms with van der Waals surface area (Å²) in [6, 6.07) is 19.2. The van der Waals surface area contributed by atoms with Crippen LogP contribution in [-0.4, -0.2) is 12.6 Å². The summed E-state index contributed by atoms with van der Waals surface area (Å²) >= 11 is 0. The topological polar surface area (TPSA) is 32.3 Å². The lowest BCUT2D eigenvalue weighted by molar-refractivity contribution is 0.257. The standard InChI is InChI=1S/C17H20N2O/c1-2-3-14-19(16-12-8-5-9-13-16)17(20)18-15-10-6-4-7-11-15/h4-13H,2-3,14H2,1H3,(H,18,20). The van der Waals surface area contributed by atoms with Crippen molar-refractivity contribution in [3.63, 3.8) is 0 Å². The Labute approximate surface area is 120 Å². The number of unbranched alkanes of at least 4 members (excludes halogenated alkanes) is 1. The van der Waals surface area contributed by atoms with Crippen molar-refractivity contribution in [3.05, 3.63) is 60.7 Å². The molecular formula is C17H20N2O. The van der Waals surface area contributed by atoms with Gasteiger partial charge in [-0.15, -0.1) is 0 Å². The molecule has 0 bridgehead atoms. The minimum absolute atomic E-state index is 0.0872. The summed E-state index contributed by atoms with van der Waals surface area (Å²) in [5.74, 6) is 0. The van der Waals surface area contributed by atoms with Crippen molar-refractivity contribution >= 4 is 17.4 Å². The van der Waals surface area contributed by atoms with E-state index in [-0.39, 0.29) is 6.03 Å². The van der Waals surface area contributed by atoms with Crippen LogP contribution >= 0.6 is 0 Å². The van der Waals surface area contributed by atoms with Gasteiger partial charge in [0.2, 0.25) is 0 Å². The van der Waals surface area contributed by atoms with Gasteiger partial charge in [-0.05, 0) is 30.7 Å². The second kappa shape index (κ2) is 7.34. The summed E-state index contributed by atoms with van der Waals surface area (Å²) in [7, 11) is 0. The summed E-state index contributed by atoms with van der Waals surface area (Å²) in [5.41, 5.74) is 1.74. The Kier molecular flexibility index (Phi) is 5.18. The van der Waals surface area contributed by atoms with Crippen LogP contribution in [0.2, 0.25) is 0 Å². The maximum Gasteiger partial charge on any atom is 0.326 e. The molecule has 0 atom stereocenters. The summed E-state index contributed by atoms with van der Waals surface area (Å²) in [5, 5.41) is 2.94. The minimum atomic E-state index is -0.0872. The highest BCUT2D eigenvalue weighted by Crippen LogP contribution is 2.16. The third-order valence-corrected chi connectivity index (χ3v) is 3.07. The molecule has 2 rings (SSSR count). The van der Waals surface area contributed by atoms with E-state index in [2.05, 4.69) is 12.2 Å². The van der Waals surface area contributed by atoms with Crippen molar-refractivity contribution in [2.75, 3.05) is 16.8 Å². The van der Waals surface area contributed by atoms with Gasteiger partial charge in [0, 0.05) is 17.9 Å². The number of hydrogen-bond donors (Lipinski definition) is 1. The second-order valence-electron chi connectivity index (χ2n) is 4.64. The van der Waals surface area contributed by atoms with Gasteiger partial charge < -0.3 is 5.32 Å². The number of nitrogens with zero attached hydrogens (tertiary/aromatic N) is 1. The lowest BCUT2D eigenvalue weighted by Gasteiger charge is -2.23. The van der Waals surface area contributed by atoms with E-state index in [0.717, 1.165) is 30.8 Å². The molecule has 0 heterocycles. The molecule has 0 radical (unpaired) electrons. The Bertz CT molecular complexity index is 525. The van der Waals surface area contributed by atoms with Crippen LogP contribution in [-0.2, 0) is 0 Å². The first-order chi connectivity index (χ1) is 9.81. The molecule has 0 spiro atoms. The fourth-order valence-electron chi connectivity index (χ4n) is 1.98. The second-order valence-corrected chi connectivity index (χ2v) is 4.64. The number of urea groups is 1. The summed E-state index contributed by atoms with van der Waals surface area (Å²) < 4.78 is 0. The number of rotatable bonds is 5. The number of hydrogen-bond acceptors (Lipinski definition) is 1. The average molecular weight is 268 g/mol. The first kappa shape index (κ1) is 14.1. The molecule has 0 aromatic heterocycles. The maximum atomic E-state index is 12.4. The minimum Gasteiger partial charge on any atom is -0.308 e. The molecule has 3 heteroatoms. The first-order valence-corrected chi connectivity index (χ1v) is 7.00. The van der Waals surface area contributed by atoms with Crippen molar-refractivity contribution < 1.29 is 4.79 Å². The van der Waals surface area contributed by atoms with Gasteiger partial charge in [-0.2, -0.15) is 0 Å². The average Bonchev–Trinajstić information content (AvgIpc) is 2.50. The molecular weight excluding hydrogens is 248 g/mol. The third-order valence-electron chi connectivity index (χ3n) is 3.07. The molecule has 2 amide bonds. The summed E-state index contributed by atoms with van der Waals surface area (Å²) in [6.07, 6.45) is 2.04. The molecule has 0 aliphatic heterocycles. The van der Waals surface area contributed by atoms with Gasteiger partial charge >= 0.3 is 6.03 Å². The number of amides is 2. The highest BCUT2D eigenvalue weighted by molar-refractivity contribution is 6.01. The zero-order valence-corrected chi connectivity index (χ0v) is 11.8. The smallest absolute Gasteiger partial charge is 0.308 e. The van der Waals surface area contributed by atoms with E-state index in [4.69, 9.17) is 0 Å². The Morgan fingerprint density at radius 3 is 2.20 bits per heavy atom. The largest absolute Gasteiger partial charge is 0.326 e. The molecule has 20 heavy (non-hydrogen) atoms. The van der Waals surface area contributed by atoms with Gasteiger partial charge in [0.25, 0.3) is 0 Å². The number of benzene rings is 2. The molecule has 2 aromatic rings. The van der Waals surface area contributed by atoms with Crippen LogP contribution < -0.4 is 10.2 Å². The van der Waals surface area contributed by atoms with Crippen molar-refractivity contribution in [2.45, 2.75) is 19.8 Å². The van der Waals surface area contributed by atoms with Crippen LogP contribution in [0.4, 0.5) is 16.2 Å². The number of nitrogens with one attached hydrogen (secondary N) is 1. The number of carbonyl (C=O) groups is 1. The Balaban J connectivity index is 2.12. The van der Waals surface area contributed by atoms with Crippen molar-refractivity contribution in [1.82, 2.24) is 0 Å². The number of anilines is 2. The van der Waals surface area contributed by atoms with Crippen molar-refractivity contribution in [2.24, 2.45) is 0 Å². The van der Waals surface area contributed by atoms with Crippen LogP contribution in [0.3, 0.4) is 0 Å². The maximum absolute atomic E-state index is 12.4. The number of para-hydroxylation sites is 2. The van der Waals surface area contributed by atoms with Crippen LogP contribution in [0.15, 0.2) is 60.7 Å². The summed E-state index contributed by atoms with van der Waals surface area (Å²) in [6.45, 7) is 2.84. The van der Waals surface area contributed by atoms with Crippen LogP contribution in [0, 0.1) is 0 Å². The zero-order valence-electron chi connectivity index (χ0n) is 11.8. The third kappa shape index (κ3) is 3.85. The van der Waals surface area contributed by atoms with Gasteiger partial charge in [0.05, 0.1) is 0 Å². The highest BCUT2D eigenvalue weighted by Gasteiger charge is 2.14. The van der Waals surface area contributed by atoms with Crippen LogP contribution in [0.5, 0.6) is 0 Å². The van der Waals surface area contributed by atoms with Crippen LogP contribution in [0.25, 0.3) is 0 Å². The molecule has 0 aliphatic carbocycles. The van der Waals surface area contributed by atoms with Crippen LogP contribution in [0.1, 0.15) is 19.8 Å². The van der Waals surface area contributed by atoms with E-state index < -0.39 is 0 Å². The van der Waals surface area contributed by atoms with E-state index in [9.17, 15) is 4.79 Å². The van der Waals surface area contributed by atoms with Gasteiger partial charge in [-0.1, -0.05) is 49.7 Å². The quantitative estimate of drug-likeness (QED) is 0.849. The SMILES string of the molecule is CCCCN(C(=O)Nc1ccccc1)c1ccccc1. The first-order valence-electron chi connectivity index (χ1n) is 7.00. The summed E-state index contributed by atoms with van der Waals surface area (Å²) in [4.78, 5) is 14.2. The Morgan fingerprint density at radius 1 is 1.00 bits per heavy atom.